The van der Waals surface area contributed by atoms with E-state index in [0.717, 1.165) is 0 Å². The lowest BCUT2D eigenvalue weighted by molar-refractivity contribution is -0.207. The Morgan fingerprint density at radius 3 is 2.00 bits per heavy atom. The van der Waals surface area contributed by atoms with Crippen molar-refractivity contribution in [3.8, 4) is 0 Å². The van der Waals surface area contributed by atoms with Crippen LogP contribution < -0.4 is 0 Å². The Morgan fingerprint density at radius 1 is 1.09 bits per heavy atom. The number of rotatable bonds is 0. The Kier molecular flexibility index (Phi) is 2.42. The number of hydrogen-bond donors (Lipinski definition) is 1. The minimum Gasteiger partial charge on any atom is -0.392 e. The third-order valence-electron chi connectivity index (χ3n) is 2.15. The molecule has 0 bridgehead atoms. The molecule has 0 aromatic heterocycles. The molecule has 1 aliphatic rings. The quantitative estimate of drug-likeness (QED) is 0.587. The molecule has 2 atom stereocenters. The third kappa shape index (κ3) is 2.09. The van der Waals surface area contributed by atoms with Crippen LogP contribution in [0, 0.1) is 5.92 Å². The van der Waals surface area contributed by atoms with Gasteiger partial charge in [-0.1, -0.05) is 12.8 Å². The Morgan fingerprint density at radius 2 is 1.64 bits per heavy atom. The molecule has 0 aliphatic heterocycles. The van der Waals surface area contributed by atoms with Gasteiger partial charge in [-0.2, -0.15) is 13.2 Å². The average Bonchev–Trinajstić information content (AvgIpc) is 1.86. The van der Waals surface area contributed by atoms with Crippen LogP contribution in [0.5, 0.6) is 0 Å². The van der Waals surface area contributed by atoms with E-state index in [1.165, 1.54) is 0 Å². The third-order valence-corrected chi connectivity index (χ3v) is 2.15. The van der Waals surface area contributed by atoms with Crippen LogP contribution in [0.3, 0.4) is 0 Å². The summed E-state index contributed by atoms with van der Waals surface area (Å²) in [5.74, 6) is -1.48. The van der Waals surface area contributed by atoms with Crippen LogP contribution >= 0.6 is 0 Å². The van der Waals surface area contributed by atoms with Gasteiger partial charge in [0, 0.05) is 0 Å². The zero-order chi connectivity index (χ0) is 8.48. The summed E-state index contributed by atoms with van der Waals surface area (Å²) in [6, 6.07) is 0. The lowest BCUT2D eigenvalue weighted by Gasteiger charge is -2.29. The maximum atomic E-state index is 12.0. The summed E-state index contributed by atoms with van der Waals surface area (Å²) >= 11 is 0. The topological polar surface area (TPSA) is 20.2 Å². The summed E-state index contributed by atoms with van der Waals surface area (Å²) in [6.07, 6.45) is -3.69. The number of alkyl halides is 3. The molecule has 0 saturated heterocycles. The van der Waals surface area contributed by atoms with E-state index in [1.807, 2.05) is 0 Å². The van der Waals surface area contributed by atoms with Gasteiger partial charge in [0.25, 0.3) is 0 Å². The minimum absolute atomic E-state index is 0.0880. The van der Waals surface area contributed by atoms with E-state index >= 15 is 0 Å². The smallest absolute Gasteiger partial charge is 0.392 e. The van der Waals surface area contributed by atoms with Crippen LogP contribution in [0.1, 0.15) is 25.7 Å². The fourth-order valence-corrected chi connectivity index (χ4v) is 1.49. The van der Waals surface area contributed by atoms with Crippen molar-refractivity contribution in [2.75, 3.05) is 0 Å². The van der Waals surface area contributed by atoms with Gasteiger partial charge < -0.3 is 5.11 Å². The van der Waals surface area contributed by atoms with Crippen molar-refractivity contribution in [1.82, 2.24) is 0 Å². The molecule has 1 nitrogen and oxygen atoms in total. The van der Waals surface area contributed by atoms with Gasteiger partial charge >= 0.3 is 6.18 Å². The number of halogens is 3. The van der Waals surface area contributed by atoms with Crippen LogP contribution in [0.15, 0.2) is 0 Å². The molecule has 1 aliphatic carbocycles. The van der Waals surface area contributed by atoms with E-state index in [2.05, 4.69) is 0 Å². The maximum absolute atomic E-state index is 12.0. The number of hydrogen-bond acceptors (Lipinski definition) is 1. The molecule has 66 valence electrons. The highest BCUT2D eigenvalue weighted by atomic mass is 19.4. The summed E-state index contributed by atoms with van der Waals surface area (Å²) in [6.45, 7) is 0. The van der Waals surface area contributed by atoms with Crippen molar-refractivity contribution in [2.24, 2.45) is 5.92 Å². The molecular weight excluding hydrogens is 157 g/mol. The Labute approximate surface area is 63.2 Å². The van der Waals surface area contributed by atoms with Crippen LogP contribution in [0.25, 0.3) is 0 Å². The van der Waals surface area contributed by atoms with Gasteiger partial charge in [0.2, 0.25) is 0 Å². The van der Waals surface area contributed by atoms with Crippen molar-refractivity contribution in [2.45, 2.75) is 38.0 Å². The average molecular weight is 168 g/mol. The van der Waals surface area contributed by atoms with E-state index in [1.54, 1.807) is 0 Å². The normalized spacial score (nSPS) is 33.8. The summed E-state index contributed by atoms with van der Waals surface area (Å²) in [4.78, 5) is 0. The van der Waals surface area contributed by atoms with E-state index in [0.29, 0.717) is 19.3 Å². The van der Waals surface area contributed by atoms with Crippen molar-refractivity contribution in [1.29, 1.82) is 0 Å². The molecule has 0 aromatic carbocycles. The fraction of sp³-hybridized carbons (Fsp3) is 1.00. The predicted octanol–water partition coefficient (Wildman–Crippen LogP) is 2.10. The SMILES string of the molecule is O[C@H]1CCCC[C@@H]1C(F)(F)F. The first-order valence-corrected chi connectivity index (χ1v) is 3.76. The van der Waals surface area contributed by atoms with E-state index in [4.69, 9.17) is 5.11 Å². The summed E-state index contributed by atoms with van der Waals surface area (Å²) in [5.41, 5.74) is 0. The fourth-order valence-electron chi connectivity index (χ4n) is 1.49. The molecule has 0 radical (unpaired) electrons. The Balaban J connectivity index is 2.55. The summed E-state index contributed by atoms with van der Waals surface area (Å²) in [7, 11) is 0. The standard InChI is InChI=1S/C7H11F3O/c8-7(9,10)5-3-1-2-4-6(5)11/h5-6,11H,1-4H2/t5-,6-/m0/s1. The van der Waals surface area contributed by atoms with Gasteiger partial charge in [-0.3, -0.25) is 0 Å². The van der Waals surface area contributed by atoms with Crippen molar-refractivity contribution >= 4 is 0 Å². The van der Waals surface area contributed by atoms with E-state index in [9.17, 15) is 13.2 Å². The van der Waals surface area contributed by atoms with Crippen LogP contribution in [0.2, 0.25) is 0 Å². The molecule has 0 aromatic rings. The van der Waals surface area contributed by atoms with E-state index < -0.39 is 18.2 Å². The molecule has 4 heteroatoms. The predicted molar refractivity (Wildman–Crippen MR) is 34.0 cm³/mol. The first kappa shape index (κ1) is 8.84. The first-order chi connectivity index (χ1) is 5.02. The van der Waals surface area contributed by atoms with Gasteiger partial charge in [-0.15, -0.1) is 0 Å². The van der Waals surface area contributed by atoms with Gasteiger partial charge in [-0.05, 0) is 12.8 Å². The molecule has 1 saturated carbocycles. The largest absolute Gasteiger partial charge is 0.394 e. The highest BCUT2D eigenvalue weighted by molar-refractivity contribution is 4.79. The zero-order valence-corrected chi connectivity index (χ0v) is 6.06. The summed E-state index contributed by atoms with van der Waals surface area (Å²) in [5, 5.41) is 8.98. The van der Waals surface area contributed by atoms with E-state index in [-0.39, 0.29) is 6.42 Å². The molecule has 1 rings (SSSR count). The van der Waals surface area contributed by atoms with Crippen molar-refractivity contribution in [3.05, 3.63) is 0 Å². The lowest BCUT2D eigenvalue weighted by Crippen LogP contribution is -2.36. The molecule has 0 unspecified atom stereocenters. The molecule has 0 heterocycles. The zero-order valence-electron chi connectivity index (χ0n) is 6.06. The number of aliphatic hydroxyl groups is 1. The van der Waals surface area contributed by atoms with Gasteiger partial charge in [0.05, 0.1) is 12.0 Å². The second-order valence-electron chi connectivity index (χ2n) is 3.00. The first-order valence-electron chi connectivity index (χ1n) is 3.76. The second-order valence-corrected chi connectivity index (χ2v) is 3.00. The minimum atomic E-state index is -4.21. The second kappa shape index (κ2) is 3.01. The van der Waals surface area contributed by atoms with Crippen molar-refractivity contribution in [3.63, 3.8) is 0 Å². The Hall–Kier alpha value is -0.250. The molecule has 0 amide bonds. The van der Waals surface area contributed by atoms with Crippen LogP contribution in [0.4, 0.5) is 13.2 Å². The highest BCUT2D eigenvalue weighted by Crippen LogP contribution is 2.37. The van der Waals surface area contributed by atoms with Gasteiger partial charge in [0.15, 0.2) is 0 Å². The molecule has 11 heavy (non-hydrogen) atoms. The molecule has 1 fully saturated rings. The highest BCUT2D eigenvalue weighted by Gasteiger charge is 2.44. The lowest BCUT2D eigenvalue weighted by atomic mass is 9.86. The van der Waals surface area contributed by atoms with Gasteiger partial charge in [-0.25, -0.2) is 0 Å². The van der Waals surface area contributed by atoms with Gasteiger partial charge in [0.1, 0.15) is 0 Å². The summed E-state index contributed by atoms with van der Waals surface area (Å²) < 4.78 is 36.1. The molecule has 0 spiro atoms. The maximum Gasteiger partial charge on any atom is 0.394 e. The van der Waals surface area contributed by atoms with Crippen molar-refractivity contribution < 1.29 is 18.3 Å². The molecule has 1 N–H and O–H groups in total. The molecular formula is C7H11F3O. The monoisotopic (exact) mass is 168 g/mol. The van der Waals surface area contributed by atoms with Crippen LogP contribution in [-0.2, 0) is 0 Å². The number of aliphatic hydroxyl groups excluding tert-OH is 1. The Bertz CT molecular complexity index is 132. The van der Waals surface area contributed by atoms with Crippen LogP contribution in [-0.4, -0.2) is 17.4 Å².